The number of benzene rings is 1. The van der Waals surface area contributed by atoms with Crippen molar-refractivity contribution in [2.75, 3.05) is 0 Å². The third-order valence-corrected chi connectivity index (χ3v) is 2.69. The van der Waals surface area contributed by atoms with E-state index in [1.54, 1.807) is 30.5 Å². The summed E-state index contributed by atoms with van der Waals surface area (Å²) in [6, 6.07) is 12.9. The average Bonchev–Trinajstić information content (AvgIpc) is 2.46. The van der Waals surface area contributed by atoms with Crippen LogP contribution in [0.2, 0.25) is 0 Å². The normalized spacial score (nSPS) is 9.78. The molecule has 1 aromatic carbocycles. The average molecular weight is 236 g/mol. The zero-order valence-electron chi connectivity index (χ0n) is 10.1. The van der Waals surface area contributed by atoms with Gasteiger partial charge in [0.15, 0.2) is 5.78 Å². The van der Waals surface area contributed by atoms with E-state index in [-0.39, 0.29) is 5.78 Å². The molecule has 0 saturated heterocycles. The van der Waals surface area contributed by atoms with Crippen molar-refractivity contribution in [3.8, 4) is 17.3 Å². The topological polar surface area (TPSA) is 53.8 Å². The van der Waals surface area contributed by atoms with Gasteiger partial charge in [-0.15, -0.1) is 0 Å². The molecule has 0 amide bonds. The Morgan fingerprint density at radius 2 is 2.17 bits per heavy atom. The Kier molecular flexibility index (Phi) is 3.49. The molecular formula is C15H12N2O. The lowest BCUT2D eigenvalue weighted by Crippen LogP contribution is -1.97. The number of hydrogen-bond donors (Lipinski definition) is 0. The van der Waals surface area contributed by atoms with E-state index in [1.165, 1.54) is 0 Å². The van der Waals surface area contributed by atoms with Crippen LogP contribution in [-0.2, 0) is 0 Å². The van der Waals surface area contributed by atoms with E-state index in [9.17, 15) is 4.79 Å². The molecule has 0 bridgehead atoms. The summed E-state index contributed by atoms with van der Waals surface area (Å²) in [5, 5.41) is 8.84. The molecule has 18 heavy (non-hydrogen) atoms. The van der Waals surface area contributed by atoms with E-state index in [2.05, 4.69) is 11.1 Å². The van der Waals surface area contributed by atoms with Crippen molar-refractivity contribution in [3.05, 3.63) is 53.7 Å². The van der Waals surface area contributed by atoms with Gasteiger partial charge in [-0.05, 0) is 24.3 Å². The summed E-state index contributed by atoms with van der Waals surface area (Å²) in [4.78, 5) is 15.7. The molecule has 88 valence electrons. The number of rotatable bonds is 3. The lowest BCUT2D eigenvalue weighted by molar-refractivity contribution is 0.0988. The summed E-state index contributed by atoms with van der Waals surface area (Å²) >= 11 is 0. The molecule has 3 nitrogen and oxygen atoms in total. The quantitative estimate of drug-likeness (QED) is 0.769. The van der Waals surface area contributed by atoms with Gasteiger partial charge in [-0.3, -0.25) is 9.78 Å². The monoisotopic (exact) mass is 236 g/mol. The molecule has 3 heteroatoms. The number of pyridine rings is 1. The van der Waals surface area contributed by atoms with Gasteiger partial charge in [0.25, 0.3) is 0 Å². The molecule has 0 N–H and O–H groups in total. The van der Waals surface area contributed by atoms with Crippen molar-refractivity contribution in [3.63, 3.8) is 0 Å². The number of aromatic nitrogens is 1. The van der Waals surface area contributed by atoms with Crippen LogP contribution in [0.15, 0.2) is 42.6 Å². The number of nitriles is 1. The molecule has 2 rings (SSSR count). The van der Waals surface area contributed by atoms with Crippen molar-refractivity contribution in [1.29, 1.82) is 5.26 Å². The number of ketones is 1. The Hall–Kier alpha value is -2.47. The third-order valence-electron chi connectivity index (χ3n) is 2.69. The van der Waals surface area contributed by atoms with E-state index in [0.29, 0.717) is 17.5 Å². The zero-order chi connectivity index (χ0) is 13.0. The molecule has 0 fully saturated rings. The van der Waals surface area contributed by atoms with E-state index in [4.69, 9.17) is 5.26 Å². The van der Waals surface area contributed by atoms with E-state index < -0.39 is 0 Å². The van der Waals surface area contributed by atoms with Crippen molar-refractivity contribution in [2.24, 2.45) is 0 Å². The first-order chi connectivity index (χ1) is 8.74. The molecule has 2 aromatic rings. The fourth-order valence-electron chi connectivity index (χ4n) is 1.68. The van der Waals surface area contributed by atoms with Crippen molar-refractivity contribution >= 4 is 5.78 Å². The molecule has 0 saturated carbocycles. The Labute approximate surface area is 106 Å². The number of hydrogen-bond acceptors (Lipinski definition) is 3. The van der Waals surface area contributed by atoms with Gasteiger partial charge < -0.3 is 0 Å². The van der Waals surface area contributed by atoms with Crippen LogP contribution >= 0.6 is 0 Å². The molecule has 0 aliphatic rings. The molecule has 0 atom stereocenters. The van der Waals surface area contributed by atoms with Crippen LogP contribution in [0.1, 0.15) is 29.3 Å². The molecular weight excluding hydrogens is 224 g/mol. The van der Waals surface area contributed by atoms with Crippen LogP contribution in [0, 0.1) is 11.3 Å². The number of carbonyl (C=O) groups excluding carboxylic acids is 1. The molecule has 0 spiro atoms. The second-order valence-corrected chi connectivity index (χ2v) is 3.90. The van der Waals surface area contributed by atoms with Crippen LogP contribution < -0.4 is 0 Å². The second kappa shape index (κ2) is 5.24. The first kappa shape index (κ1) is 12.0. The molecule has 0 unspecified atom stereocenters. The summed E-state index contributed by atoms with van der Waals surface area (Å²) in [5.41, 5.74) is 2.87. The highest BCUT2D eigenvalue weighted by molar-refractivity contribution is 5.95. The standard InChI is InChI=1S/C15H12N2O/c1-2-15(18)13-6-7-14(17-10-13)12-5-3-4-11(8-12)9-16/h3-8,10H,2H2,1H3. The number of carbonyl (C=O) groups is 1. The Bertz CT molecular complexity index is 609. The fourth-order valence-corrected chi connectivity index (χ4v) is 1.68. The van der Waals surface area contributed by atoms with Crippen LogP contribution in [0.4, 0.5) is 0 Å². The molecule has 1 heterocycles. The smallest absolute Gasteiger partial charge is 0.164 e. The number of nitrogens with zero attached hydrogens (tertiary/aromatic N) is 2. The highest BCUT2D eigenvalue weighted by Crippen LogP contribution is 2.18. The second-order valence-electron chi connectivity index (χ2n) is 3.90. The van der Waals surface area contributed by atoms with Gasteiger partial charge in [-0.2, -0.15) is 5.26 Å². The van der Waals surface area contributed by atoms with Crippen LogP contribution in [-0.4, -0.2) is 10.8 Å². The maximum atomic E-state index is 11.5. The maximum Gasteiger partial charge on any atom is 0.164 e. The maximum absolute atomic E-state index is 11.5. The molecule has 0 aliphatic carbocycles. The van der Waals surface area contributed by atoms with Gasteiger partial charge in [0, 0.05) is 23.7 Å². The number of Topliss-reactive ketones (excluding diaryl/α,β-unsaturated/α-hetero) is 1. The van der Waals surface area contributed by atoms with E-state index in [1.807, 2.05) is 19.1 Å². The van der Waals surface area contributed by atoms with Gasteiger partial charge in [0.1, 0.15) is 0 Å². The van der Waals surface area contributed by atoms with Crippen molar-refractivity contribution < 1.29 is 4.79 Å². The fraction of sp³-hybridized carbons (Fsp3) is 0.133. The minimum absolute atomic E-state index is 0.0832. The lowest BCUT2D eigenvalue weighted by Gasteiger charge is -2.02. The summed E-state index contributed by atoms with van der Waals surface area (Å²) in [5.74, 6) is 0.0832. The molecule has 0 radical (unpaired) electrons. The third kappa shape index (κ3) is 2.44. The molecule has 1 aromatic heterocycles. The zero-order valence-corrected chi connectivity index (χ0v) is 10.1. The summed E-state index contributed by atoms with van der Waals surface area (Å²) < 4.78 is 0. The predicted molar refractivity (Wildman–Crippen MR) is 69.0 cm³/mol. The highest BCUT2D eigenvalue weighted by atomic mass is 16.1. The van der Waals surface area contributed by atoms with Crippen molar-refractivity contribution in [1.82, 2.24) is 4.98 Å². The van der Waals surface area contributed by atoms with Gasteiger partial charge in [-0.25, -0.2) is 0 Å². The van der Waals surface area contributed by atoms with Gasteiger partial charge in [0.2, 0.25) is 0 Å². The first-order valence-corrected chi connectivity index (χ1v) is 5.74. The van der Waals surface area contributed by atoms with Crippen LogP contribution in [0.3, 0.4) is 0 Å². The van der Waals surface area contributed by atoms with Crippen LogP contribution in [0.5, 0.6) is 0 Å². The Balaban J connectivity index is 2.34. The predicted octanol–water partition coefficient (Wildman–Crippen LogP) is 3.21. The van der Waals surface area contributed by atoms with Gasteiger partial charge >= 0.3 is 0 Å². The van der Waals surface area contributed by atoms with Crippen LogP contribution in [0.25, 0.3) is 11.3 Å². The van der Waals surface area contributed by atoms with E-state index in [0.717, 1.165) is 11.3 Å². The summed E-state index contributed by atoms with van der Waals surface area (Å²) in [7, 11) is 0. The minimum Gasteiger partial charge on any atom is -0.294 e. The highest BCUT2D eigenvalue weighted by Gasteiger charge is 2.05. The SMILES string of the molecule is CCC(=O)c1ccc(-c2cccc(C#N)c2)nc1. The van der Waals surface area contributed by atoms with E-state index >= 15 is 0 Å². The molecule has 0 aliphatic heterocycles. The van der Waals surface area contributed by atoms with Crippen molar-refractivity contribution in [2.45, 2.75) is 13.3 Å². The summed E-state index contributed by atoms with van der Waals surface area (Å²) in [6.45, 7) is 1.83. The summed E-state index contributed by atoms with van der Waals surface area (Å²) in [6.07, 6.45) is 2.06. The van der Waals surface area contributed by atoms with Gasteiger partial charge in [0.05, 0.1) is 17.3 Å². The Morgan fingerprint density at radius 3 is 2.78 bits per heavy atom. The Morgan fingerprint density at radius 1 is 1.33 bits per heavy atom. The van der Waals surface area contributed by atoms with Gasteiger partial charge in [-0.1, -0.05) is 19.1 Å². The lowest BCUT2D eigenvalue weighted by atomic mass is 10.1. The first-order valence-electron chi connectivity index (χ1n) is 5.74. The minimum atomic E-state index is 0.0832. The largest absolute Gasteiger partial charge is 0.294 e.